The molecule has 0 amide bonds. The van der Waals surface area contributed by atoms with E-state index in [1.54, 1.807) is 0 Å². The second-order valence-electron chi connectivity index (χ2n) is 3.63. The fourth-order valence-electron chi connectivity index (χ4n) is 2.14. The smallest absolute Gasteiger partial charge is 0.0202 e. The third-order valence-electron chi connectivity index (χ3n) is 2.84. The highest BCUT2D eigenvalue weighted by Gasteiger charge is 2.18. The van der Waals surface area contributed by atoms with Crippen LogP contribution in [-0.2, 0) is 0 Å². The lowest BCUT2D eigenvalue weighted by Gasteiger charge is -2.19. The molecule has 0 saturated heterocycles. The van der Waals surface area contributed by atoms with E-state index in [0.29, 0.717) is 0 Å². The van der Waals surface area contributed by atoms with Crippen LogP contribution in [0.15, 0.2) is 12.2 Å². The number of allylic oxidation sites excluding steroid dienone is 2. The SMILES string of the molecule is CCCC(CC)[C@H]1C=CCC1. The largest absolute Gasteiger partial charge is 0.0882 e. The van der Waals surface area contributed by atoms with Gasteiger partial charge in [-0.1, -0.05) is 45.3 Å². The van der Waals surface area contributed by atoms with Crippen molar-refractivity contribution in [1.82, 2.24) is 0 Å². The van der Waals surface area contributed by atoms with Gasteiger partial charge in [0, 0.05) is 0 Å². The number of rotatable bonds is 4. The van der Waals surface area contributed by atoms with Gasteiger partial charge in [0.25, 0.3) is 0 Å². The van der Waals surface area contributed by atoms with Crippen LogP contribution in [0, 0.1) is 11.8 Å². The zero-order valence-electron chi connectivity index (χ0n) is 7.84. The lowest BCUT2D eigenvalue weighted by atomic mass is 9.86. The third kappa shape index (κ3) is 2.36. The highest BCUT2D eigenvalue weighted by atomic mass is 14.2. The molecule has 0 heterocycles. The molecule has 0 aliphatic heterocycles. The first-order valence-electron chi connectivity index (χ1n) is 5.05. The van der Waals surface area contributed by atoms with Gasteiger partial charge < -0.3 is 0 Å². The van der Waals surface area contributed by atoms with Crippen LogP contribution < -0.4 is 0 Å². The van der Waals surface area contributed by atoms with E-state index in [1.807, 2.05) is 0 Å². The summed E-state index contributed by atoms with van der Waals surface area (Å²) in [5.74, 6) is 1.89. The van der Waals surface area contributed by atoms with Crippen molar-refractivity contribution >= 4 is 0 Å². The first-order valence-corrected chi connectivity index (χ1v) is 5.05. The van der Waals surface area contributed by atoms with E-state index in [4.69, 9.17) is 0 Å². The molecule has 0 saturated carbocycles. The molecule has 0 aromatic carbocycles. The summed E-state index contributed by atoms with van der Waals surface area (Å²) < 4.78 is 0. The Labute approximate surface area is 70.7 Å². The Morgan fingerprint density at radius 2 is 2.27 bits per heavy atom. The normalized spacial score (nSPS) is 25.8. The maximum absolute atomic E-state index is 2.43. The molecule has 1 aliphatic rings. The van der Waals surface area contributed by atoms with Crippen LogP contribution in [0.3, 0.4) is 0 Å². The molecule has 1 aliphatic carbocycles. The van der Waals surface area contributed by atoms with Gasteiger partial charge in [0.2, 0.25) is 0 Å². The van der Waals surface area contributed by atoms with Gasteiger partial charge in [0.1, 0.15) is 0 Å². The topological polar surface area (TPSA) is 0 Å². The molecule has 0 bridgehead atoms. The van der Waals surface area contributed by atoms with Crippen LogP contribution in [0.1, 0.15) is 46.0 Å². The van der Waals surface area contributed by atoms with E-state index in [1.165, 1.54) is 32.1 Å². The first kappa shape index (κ1) is 8.83. The Balaban J connectivity index is 2.34. The van der Waals surface area contributed by atoms with Crippen LogP contribution in [0.5, 0.6) is 0 Å². The highest BCUT2D eigenvalue weighted by molar-refractivity contribution is 4.98. The Morgan fingerprint density at radius 1 is 1.45 bits per heavy atom. The predicted octanol–water partition coefficient (Wildman–Crippen LogP) is 3.78. The second-order valence-corrected chi connectivity index (χ2v) is 3.63. The molecule has 0 aromatic heterocycles. The van der Waals surface area contributed by atoms with E-state index in [0.717, 1.165) is 11.8 Å². The summed E-state index contributed by atoms with van der Waals surface area (Å²) in [4.78, 5) is 0. The molecular weight excluding hydrogens is 132 g/mol. The van der Waals surface area contributed by atoms with E-state index < -0.39 is 0 Å². The molecular formula is C11H20. The van der Waals surface area contributed by atoms with Gasteiger partial charge in [-0.15, -0.1) is 0 Å². The van der Waals surface area contributed by atoms with Crippen LogP contribution in [-0.4, -0.2) is 0 Å². The first-order chi connectivity index (χ1) is 5.38. The van der Waals surface area contributed by atoms with Crippen molar-refractivity contribution < 1.29 is 0 Å². The van der Waals surface area contributed by atoms with Crippen LogP contribution in [0.4, 0.5) is 0 Å². The summed E-state index contributed by atoms with van der Waals surface area (Å²) in [7, 11) is 0. The van der Waals surface area contributed by atoms with Crippen molar-refractivity contribution in [2.24, 2.45) is 11.8 Å². The van der Waals surface area contributed by atoms with Gasteiger partial charge in [-0.05, 0) is 24.7 Å². The molecule has 0 aromatic rings. The highest BCUT2D eigenvalue weighted by Crippen LogP contribution is 2.30. The minimum atomic E-state index is 0.917. The average Bonchev–Trinajstić information content (AvgIpc) is 2.52. The monoisotopic (exact) mass is 152 g/mol. The van der Waals surface area contributed by atoms with Crippen LogP contribution in [0.2, 0.25) is 0 Å². The van der Waals surface area contributed by atoms with Crippen molar-refractivity contribution in [2.45, 2.75) is 46.0 Å². The van der Waals surface area contributed by atoms with Gasteiger partial charge in [-0.3, -0.25) is 0 Å². The zero-order chi connectivity index (χ0) is 8.10. The molecule has 64 valence electrons. The Bertz CT molecular complexity index is 124. The zero-order valence-corrected chi connectivity index (χ0v) is 7.84. The summed E-state index contributed by atoms with van der Waals surface area (Å²) in [6, 6.07) is 0. The molecule has 11 heavy (non-hydrogen) atoms. The van der Waals surface area contributed by atoms with Crippen molar-refractivity contribution in [2.75, 3.05) is 0 Å². The predicted molar refractivity (Wildman–Crippen MR) is 50.6 cm³/mol. The molecule has 0 N–H and O–H groups in total. The van der Waals surface area contributed by atoms with E-state index in [9.17, 15) is 0 Å². The minimum Gasteiger partial charge on any atom is -0.0882 e. The quantitative estimate of drug-likeness (QED) is 0.538. The Hall–Kier alpha value is -0.260. The summed E-state index contributed by atoms with van der Waals surface area (Å²) in [6.45, 7) is 4.62. The van der Waals surface area contributed by atoms with Crippen LogP contribution in [0.25, 0.3) is 0 Å². The van der Waals surface area contributed by atoms with E-state index in [2.05, 4.69) is 26.0 Å². The lowest BCUT2D eigenvalue weighted by molar-refractivity contribution is 0.350. The van der Waals surface area contributed by atoms with Crippen molar-refractivity contribution in [1.29, 1.82) is 0 Å². The molecule has 0 nitrogen and oxygen atoms in total. The summed E-state index contributed by atoms with van der Waals surface area (Å²) in [5.41, 5.74) is 0. The Kier molecular flexibility index (Phi) is 3.68. The maximum atomic E-state index is 2.43. The van der Waals surface area contributed by atoms with Crippen molar-refractivity contribution in [3.05, 3.63) is 12.2 Å². The van der Waals surface area contributed by atoms with E-state index >= 15 is 0 Å². The molecule has 0 heteroatoms. The lowest BCUT2D eigenvalue weighted by Crippen LogP contribution is -2.09. The standard InChI is InChI=1S/C11H20/c1-3-7-10(4-2)11-8-5-6-9-11/h5,8,10-11H,3-4,6-7,9H2,1-2H3/t10?,11-/m0/s1. The van der Waals surface area contributed by atoms with Gasteiger partial charge in [-0.2, -0.15) is 0 Å². The third-order valence-corrected chi connectivity index (χ3v) is 2.84. The van der Waals surface area contributed by atoms with Gasteiger partial charge >= 0.3 is 0 Å². The van der Waals surface area contributed by atoms with Gasteiger partial charge in [-0.25, -0.2) is 0 Å². The minimum absolute atomic E-state index is 0.917. The fourth-order valence-corrected chi connectivity index (χ4v) is 2.14. The molecule has 1 unspecified atom stereocenters. The van der Waals surface area contributed by atoms with Gasteiger partial charge in [0.15, 0.2) is 0 Å². The van der Waals surface area contributed by atoms with E-state index in [-0.39, 0.29) is 0 Å². The van der Waals surface area contributed by atoms with Crippen molar-refractivity contribution in [3.8, 4) is 0 Å². The molecule has 0 spiro atoms. The maximum Gasteiger partial charge on any atom is -0.0202 e. The molecule has 1 rings (SSSR count). The van der Waals surface area contributed by atoms with Crippen LogP contribution >= 0.6 is 0 Å². The molecule has 2 atom stereocenters. The number of hydrogen-bond donors (Lipinski definition) is 0. The number of hydrogen-bond acceptors (Lipinski definition) is 0. The molecule has 0 fully saturated rings. The fraction of sp³-hybridized carbons (Fsp3) is 0.818. The Morgan fingerprint density at radius 3 is 2.73 bits per heavy atom. The summed E-state index contributed by atoms with van der Waals surface area (Å²) in [5, 5.41) is 0. The summed E-state index contributed by atoms with van der Waals surface area (Å²) >= 11 is 0. The van der Waals surface area contributed by atoms with Crippen molar-refractivity contribution in [3.63, 3.8) is 0 Å². The summed E-state index contributed by atoms with van der Waals surface area (Å²) in [6.07, 6.45) is 11.7. The van der Waals surface area contributed by atoms with Gasteiger partial charge in [0.05, 0.1) is 0 Å². The second kappa shape index (κ2) is 4.58. The average molecular weight is 152 g/mol. The molecule has 0 radical (unpaired) electrons.